The van der Waals surface area contributed by atoms with Crippen LogP contribution in [0.1, 0.15) is 11.5 Å². The van der Waals surface area contributed by atoms with Gasteiger partial charge in [0.1, 0.15) is 23.0 Å². The molecule has 1 aliphatic carbocycles. The molecule has 0 aromatic heterocycles. The summed E-state index contributed by atoms with van der Waals surface area (Å²) in [4.78, 5) is 2.44. The molecular weight excluding hydrogens is 497 g/mol. The lowest BCUT2D eigenvalue weighted by Crippen LogP contribution is -2.57. The summed E-state index contributed by atoms with van der Waals surface area (Å²) >= 11 is 3.72. The van der Waals surface area contributed by atoms with E-state index in [1.807, 2.05) is 6.07 Å². The van der Waals surface area contributed by atoms with Crippen molar-refractivity contribution >= 4 is 50.4 Å². The molecule has 3 aliphatic heterocycles. The maximum absolute atomic E-state index is 6.79. The highest BCUT2D eigenvalue weighted by atomic mass is 79.9. The average molecular weight is 516 g/mol. The van der Waals surface area contributed by atoms with Gasteiger partial charge in [0.25, 0.3) is 6.71 Å². The molecule has 4 aromatic rings. The molecule has 8 rings (SSSR count). The van der Waals surface area contributed by atoms with E-state index in [-0.39, 0.29) is 18.7 Å². The van der Waals surface area contributed by atoms with Crippen LogP contribution in [0, 0.1) is 0 Å². The first kappa shape index (κ1) is 19.6. The summed E-state index contributed by atoms with van der Waals surface area (Å²) in [6, 6.07) is 29.8. The van der Waals surface area contributed by atoms with Gasteiger partial charge in [-0.25, -0.2) is 0 Å². The number of para-hydroxylation sites is 3. The number of fused-ring (bicyclic) bond motifs is 8. The molecular formula is C30H19BBrNO2. The standard InChI is InChI=1S/C30H19BBrNO2/c32-18-14-15-20-21-17-27-28-30(29(21)33(24(20)16-18)19-8-2-1-3-9-19)35-26-13-7-5-11-23(26)31(28)22-10-4-6-12-25(22)34-27/h1-17,20,24H. The summed E-state index contributed by atoms with van der Waals surface area (Å²) in [6.45, 7) is 0.0678. The molecule has 5 heteroatoms. The molecule has 4 aliphatic rings. The van der Waals surface area contributed by atoms with Crippen LogP contribution in [0.3, 0.4) is 0 Å². The minimum Gasteiger partial charge on any atom is -0.458 e. The first-order chi connectivity index (χ1) is 17.3. The highest BCUT2D eigenvalue weighted by molar-refractivity contribution is 9.11. The molecule has 2 atom stereocenters. The highest BCUT2D eigenvalue weighted by Gasteiger charge is 2.47. The molecule has 3 nitrogen and oxygen atoms in total. The van der Waals surface area contributed by atoms with Crippen LogP contribution in [-0.2, 0) is 0 Å². The molecule has 0 N–H and O–H groups in total. The van der Waals surface area contributed by atoms with Crippen LogP contribution in [0.5, 0.6) is 23.0 Å². The Balaban J connectivity index is 1.45. The second kappa shape index (κ2) is 7.16. The quantitative estimate of drug-likeness (QED) is 0.256. The van der Waals surface area contributed by atoms with E-state index in [1.54, 1.807) is 0 Å². The summed E-state index contributed by atoms with van der Waals surface area (Å²) in [5.41, 5.74) is 7.00. The monoisotopic (exact) mass is 515 g/mol. The average Bonchev–Trinajstić information content (AvgIpc) is 3.22. The number of ether oxygens (including phenoxy) is 2. The molecule has 4 aromatic carbocycles. The van der Waals surface area contributed by atoms with E-state index in [0.717, 1.165) is 44.3 Å². The number of hydrogen-bond acceptors (Lipinski definition) is 3. The van der Waals surface area contributed by atoms with Crippen molar-refractivity contribution in [3.05, 3.63) is 113 Å². The van der Waals surface area contributed by atoms with Crippen LogP contribution in [0.4, 0.5) is 11.4 Å². The van der Waals surface area contributed by atoms with Gasteiger partial charge in [0, 0.05) is 21.6 Å². The molecule has 0 spiro atoms. The van der Waals surface area contributed by atoms with E-state index >= 15 is 0 Å². The van der Waals surface area contributed by atoms with Gasteiger partial charge in [-0.05, 0) is 52.9 Å². The van der Waals surface area contributed by atoms with Gasteiger partial charge in [-0.1, -0.05) is 82.7 Å². The van der Waals surface area contributed by atoms with Gasteiger partial charge in [-0.2, -0.15) is 0 Å². The van der Waals surface area contributed by atoms with Crippen LogP contribution in [0.25, 0.3) is 0 Å². The second-order valence-electron chi connectivity index (χ2n) is 9.40. The largest absolute Gasteiger partial charge is 0.458 e. The summed E-state index contributed by atoms with van der Waals surface area (Å²) in [7, 11) is 0. The Morgan fingerprint density at radius 2 is 1.46 bits per heavy atom. The van der Waals surface area contributed by atoms with Crippen molar-refractivity contribution in [1.29, 1.82) is 0 Å². The van der Waals surface area contributed by atoms with E-state index in [4.69, 9.17) is 9.47 Å². The van der Waals surface area contributed by atoms with E-state index in [9.17, 15) is 0 Å². The third-order valence-corrected chi connectivity index (χ3v) is 8.09. The second-order valence-corrected chi connectivity index (χ2v) is 10.3. The summed E-state index contributed by atoms with van der Waals surface area (Å²) < 4.78 is 14.4. The fraction of sp³-hybridized carbons (Fsp3) is 0.0667. The first-order valence-corrected chi connectivity index (χ1v) is 12.7. The van der Waals surface area contributed by atoms with Gasteiger partial charge in [0.2, 0.25) is 0 Å². The van der Waals surface area contributed by atoms with E-state index in [2.05, 4.69) is 118 Å². The maximum Gasteiger partial charge on any atom is 0.260 e. The number of benzene rings is 4. The van der Waals surface area contributed by atoms with Crippen LogP contribution in [0.2, 0.25) is 0 Å². The Kier molecular flexibility index (Phi) is 4.01. The van der Waals surface area contributed by atoms with Crippen LogP contribution in [-0.4, -0.2) is 12.8 Å². The van der Waals surface area contributed by atoms with Crippen molar-refractivity contribution in [3.63, 3.8) is 0 Å². The van der Waals surface area contributed by atoms with Gasteiger partial charge in [-0.15, -0.1) is 0 Å². The van der Waals surface area contributed by atoms with E-state index in [1.165, 1.54) is 16.5 Å². The summed E-state index contributed by atoms with van der Waals surface area (Å²) in [5.74, 6) is 3.84. The van der Waals surface area contributed by atoms with Gasteiger partial charge >= 0.3 is 0 Å². The van der Waals surface area contributed by atoms with Crippen molar-refractivity contribution < 1.29 is 9.47 Å². The molecule has 0 bridgehead atoms. The molecule has 0 fully saturated rings. The lowest BCUT2D eigenvalue weighted by molar-refractivity contribution is 0.465. The van der Waals surface area contributed by atoms with Crippen molar-refractivity contribution in [1.82, 2.24) is 0 Å². The van der Waals surface area contributed by atoms with Gasteiger partial charge < -0.3 is 14.4 Å². The van der Waals surface area contributed by atoms with Gasteiger partial charge in [-0.3, -0.25) is 0 Å². The Bertz CT molecular complexity index is 1580. The van der Waals surface area contributed by atoms with Gasteiger partial charge in [0.15, 0.2) is 0 Å². The summed E-state index contributed by atoms with van der Waals surface area (Å²) in [6.07, 6.45) is 6.74. The van der Waals surface area contributed by atoms with Crippen LogP contribution in [0.15, 0.2) is 108 Å². The van der Waals surface area contributed by atoms with E-state index in [0.29, 0.717) is 0 Å². The number of halogens is 1. The summed E-state index contributed by atoms with van der Waals surface area (Å²) in [5, 5.41) is 0. The predicted octanol–water partition coefficient (Wildman–Crippen LogP) is 5.87. The molecule has 3 heterocycles. The number of rotatable bonds is 1. The lowest BCUT2D eigenvalue weighted by atomic mass is 9.34. The molecule has 2 unspecified atom stereocenters. The van der Waals surface area contributed by atoms with Crippen molar-refractivity contribution in [2.24, 2.45) is 0 Å². The first-order valence-electron chi connectivity index (χ1n) is 11.9. The Hall–Kier alpha value is -3.70. The zero-order chi connectivity index (χ0) is 23.1. The maximum atomic E-state index is 6.79. The van der Waals surface area contributed by atoms with Crippen molar-refractivity contribution in [3.8, 4) is 23.0 Å². The van der Waals surface area contributed by atoms with E-state index < -0.39 is 0 Å². The lowest BCUT2D eigenvalue weighted by Gasteiger charge is -2.36. The highest BCUT2D eigenvalue weighted by Crippen LogP contribution is 2.55. The molecule has 0 saturated heterocycles. The molecule has 35 heavy (non-hydrogen) atoms. The topological polar surface area (TPSA) is 21.7 Å². The number of hydrogen-bond donors (Lipinski definition) is 0. The van der Waals surface area contributed by atoms with Crippen LogP contribution < -0.4 is 30.8 Å². The smallest absolute Gasteiger partial charge is 0.260 e. The van der Waals surface area contributed by atoms with Crippen LogP contribution >= 0.6 is 15.9 Å². The SMILES string of the molecule is BrC1=CC2C(C=C1)c1cc3c4c(c1N2c1ccccc1)Oc1ccccc1B4c1ccccc1O3. The third-order valence-electron chi connectivity index (χ3n) is 7.56. The molecule has 0 radical (unpaired) electrons. The third kappa shape index (κ3) is 2.67. The Morgan fingerprint density at radius 3 is 2.23 bits per heavy atom. The normalized spacial score (nSPS) is 20.0. The fourth-order valence-electron chi connectivity index (χ4n) is 6.15. The zero-order valence-corrected chi connectivity index (χ0v) is 20.3. The molecule has 0 amide bonds. The fourth-order valence-corrected chi connectivity index (χ4v) is 6.57. The predicted molar refractivity (Wildman–Crippen MR) is 145 cm³/mol. The van der Waals surface area contributed by atoms with Crippen molar-refractivity contribution in [2.45, 2.75) is 12.0 Å². The Labute approximate surface area is 212 Å². The minimum atomic E-state index is 0.0678. The number of anilines is 2. The number of allylic oxidation sites excluding steroid dienone is 2. The number of nitrogens with zero attached hydrogens (tertiary/aromatic N) is 1. The molecule has 166 valence electrons. The van der Waals surface area contributed by atoms with Crippen molar-refractivity contribution in [2.75, 3.05) is 4.90 Å². The minimum absolute atomic E-state index is 0.0678. The van der Waals surface area contributed by atoms with Gasteiger partial charge in [0.05, 0.1) is 11.7 Å². The Morgan fingerprint density at radius 1 is 0.771 bits per heavy atom. The molecule has 0 saturated carbocycles. The zero-order valence-electron chi connectivity index (χ0n) is 18.7.